The molecule has 1 aliphatic heterocycles. The SMILES string of the molecule is CC1(C)c2cc(-c3nc(-c4ccccc4)nc(-c4ccccc4)n3)ccc2N(c2ccccc2)c2cc3c4cc(-n5c6ccccc6c6ccccc65)ccc4n(-c4ccccc4)c3cc21. The molecular formula is C60H42N6. The highest BCUT2D eigenvalue weighted by atomic mass is 15.2. The number of fused-ring (bicyclic) bond motifs is 8. The summed E-state index contributed by atoms with van der Waals surface area (Å²) in [5.41, 5.74) is 15.2. The first-order valence-electron chi connectivity index (χ1n) is 22.5. The third kappa shape index (κ3) is 5.85. The predicted molar refractivity (Wildman–Crippen MR) is 272 cm³/mol. The van der Waals surface area contributed by atoms with Crippen LogP contribution < -0.4 is 4.90 Å². The van der Waals surface area contributed by atoms with Gasteiger partial charge in [0.25, 0.3) is 0 Å². The van der Waals surface area contributed by atoms with Gasteiger partial charge < -0.3 is 14.0 Å². The van der Waals surface area contributed by atoms with Crippen LogP contribution in [0.4, 0.5) is 17.1 Å². The molecule has 0 atom stereocenters. The van der Waals surface area contributed by atoms with Crippen LogP contribution in [0.15, 0.2) is 218 Å². The Labute approximate surface area is 382 Å². The maximum Gasteiger partial charge on any atom is 0.164 e. The van der Waals surface area contributed by atoms with E-state index in [-0.39, 0.29) is 0 Å². The van der Waals surface area contributed by atoms with Gasteiger partial charge in [-0.2, -0.15) is 0 Å². The van der Waals surface area contributed by atoms with Gasteiger partial charge in [0.1, 0.15) is 0 Å². The Morgan fingerprint density at radius 1 is 0.318 bits per heavy atom. The van der Waals surface area contributed by atoms with Gasteiger partial charge in [-0.15, -0.1) is 0 Å². The first kappa shape index (κ1) is 37.9. The van der Waals surface area contributed by atoms with E-state index in [2.05, 4.69) is 210 Å². The molecule has 3 aromatic heterocycles. The normalized spacial score (nSPS) is 13.1. The molecule has 0 fully saturated rings. The van der Waals surface area contributed by atoms with Crippen molar-refractivity contribution in [3.63, 3.8) is 0 Å². The number of rotatable bonds is 6. The third-order valence-corrected chi connectivity index (χ3v) is 13.5. The fourth-order valence-corrected chi connectivity index (χ4v) is 10.4. The van der Waals surface area contributed by atoms with Gasteiger partial charge in [0.2, 0.25) is 0 Å². The number of benzene rings is 9. The molecule has 0 amide bonds. The minimum absolute atomic E-state index is 0.427. The third-order valence-electron chi connectivity index (χ3n) is 13.5. The van der Waals surface area contributed by atoms with Gasteiger partial charge in [0.15, 0.2) is 17.5 Å². The van der Waals surface area contributed by atoms with E-state index in [1.54, 1.807) is 0 Å². The molecule has 0 unspecified atom stereocenters. The molecular weight excluding hydrogens is 805 g/mol. The number of nitrogens with zero attached hydrogens (tertiary/aromatic N) is 6. The van der Waals surface area contributed by atoms with Gasteiger partial charge in [0.05, 0.1) is 33.4 Å². The van der Waals surface area contributed by atoms with E-state index in [1.165, 1.54) is 43.7 Å². The molecule has 0 bridgehead atoms. The lowest BCUT2D eigenvalue weighted by atomic mass is 9.72. The monoisotopic (exact) mass is 846 g/mol. The summed E-state index contributed by atoms with van der Waals surface area (Å²) in [5, 5.41) is 4.89. The number of hydrogen-bond donors (Lipinski definition) is 0. The zero-order chi connectivity index (χ0) is 43.9. The van der Waals surface area contributed by atoms with Crippen molar-refractivity contribution in [2.24, 2.45) is 0 Å². The van der Waals surface area contributed by atoms with Gasteiger partial charge in [-0.05, 0) is 96.1 Å². The van der Waals surface area contributed by atoms with Crippen molar-refractivity contribution in [2.45, 2.75) is 19.3 Å². The number of anilines is 3. The van der Waals surface area contributed by atoms with Crippen LogP contribution in [0.1, 0.15) is 25.0 Å². The van der Waals surface area contributed by atoms with E-state index in [4.69, 9.17) is 15.0 Å². The van der Waals surface area contributed by atoms with E-state index in [9.17, 15) is 0 Å². The first-order valence-corrected chi connectivity index (χ1v) is 22.5. The largest absolute Gasteiger partial charge is 0.310 e. The van der Waals surface area contributed by atoms with Crippen molar-refractivity contribution < 1.29 is 0 Å². The Balaban J connectivity index is 1.05. The Morgan fingerprint density at radius 3 is 1.39 bits per heavy atom. The van der Waals surface area contributed by atoms with Crippen molar-refractivity contribution in [3.8, 4) is 45.5 Å². The highest BCUT2D eigenvalue weighted by Crippen LogP contribution is 2.54. The number of hydrogen-bond acceptors (Lipinski definition) is 4. The quantitative estimate of drug-likeness (QED) is 0.167. The molecule has 0 saturated carbocycles. The van der Waals surface area contributed by atoms with E-state index < -0.39 is 5.41 Å². The lowest BCUT2D eigenvalue weighted by Gasteiger charge is -2.42. The summed E-state index contributed by atoms with van der Waals surface area (Å²) >= 11 is 0. The summed E-state index contributed by atoms with van der Waals surface area (Å²) in [7, 11) is 0. The maximum atomic E-state index is 5.15. The zero-order valence-electron chi connectivity index (χ0n) is 36.5. The second-order valence-electron chi connectivity index (χ2n) is 17.7. The lowest BCUT2D eigenvalue weighted by Crippen LogP contribution is -2.30. The Bertz CT molecular complexity index is 3720. The molecule has 6 heteroatoms. The van der Waals surface area contributed by atoms with Gasteiger partial charge in [0, 0.05) is 60.7 Å². The van der Waals surface area contributed by atoms with E-state index in [1.807, 2.05) is 36.4 Å². The van der Waals surface area contributed by atoms with Crippen LogP contribution in [0.2, 0.25) is 0 Å². The van der Waals surface area contributed by atoms with Crippen LogP contribution in [0, 0.1) is 0 Å². The van der Waals surface area contributed by atoms with Crippen molar-refractivity contribution in [3.05, 3.63) is 230 Å². The van der Waals surface area contributed by atoms with Crippen molar-refractivity contribution >= 4 is 60.7 Å². The second kappa shape index (κ2) is 14.7. The Morgan fingerprint density at radius 2 is 0.788 bits per heavy atom. The van der Waals surface area contributed by atoms with Crippen LogP contribution in [0.5, 0.6) is 0 Å². The minimum atomic E-state index is -0.427. The van der Waals surface area contributed by atoms with E-state index in [0.717, 1.165) is 56.2 Å². The molecule has 0 radical (unpaired) electrons. The van der Waals surface area contributed by atoms with Crippen LogP contribution in [0.25, 0.3) is 89.2 Å². The molecule has 312 valence electrons. The molecule has 6 nitrogen and oxygen atoms in total. The molecule has 13 rings (SSSR count). The Kier molecular flexibility index (Phi) is 8.46. The first-order chi connectivity index (χ1) is 32.5. The van der Waals surface area contributed by atoms with Crippen LogP contribution >= 0.6 is 0 Å². The average molecular weight is 847 g/mol. The summed E-state index contributed by atoms with van der Waals surface area (Å²) in [6.45, 7) is 4.72. The number of para-hydroxylation sites is 4. The lowest BCUT2D eigenvalue weighted by molar-refractivity contribution is 0.633. The van der Waals surface area contributed by atoms with Gasteiger partial charge in [-0.1, -0.05) is 147 Å². The summed E-state index contributed by atoms with van der Waals surface area (Å²) < 4.78 is 4.86. The molecule has 66 heavy (non-hydrogen) atoms. The van der Waals surface area contributed by atoms with Crippen LogP contribution in [-0.2, 0) is 5.41 Å². The molecule has 0 spiro atoms. The standard InChI is InChI=1S/C60H42N6/c1-60(2)49-35-41(59-62-57(39-19-7-3-8-20-39)61-58(63-59)40-21-9-4-10-22-40)31-33-54(49)65(43-25-13-6-14-26-43)56-37-48-47-36-44(66-51-29-17-15-27-45(51)46-28-16-18-30-52(46)66)32-34-53(47)64(55(48)38-50(56)60)42-23-11-5-12-24-42/h3-38H,1-2H3. The van der Waals surface area contributed by atoms with Gasteiger partial charge in [-0.3, -0.25) is 0 Å². The highest BCUT2D eigenvalue weighted by Gasteiger charge is 2.38. The van der Waals surface area contributed by atoms with Crippen LogP contribution in [-0.4, -0.2) is 24.1 Å². The van der Waals surface area contributed by atoms with Gasteiger partial charge in [-0.25, -0.2) is 15.0 Å². The van der Waals surface area contributed by atoms with E-state index >= 15 is 0 Å². The zero-order valence-corrected chi connectivity index (χ0v) is 36.5. The molecule has 0 N–H and O–H groups in total. The molecule has 0 aliphatic carbocycles. The topological polar surface area (TPSA) is 51.8 Å². The van der Waals surface area contributed by atoms with Crippen molar-refractivity contribution in [1.29, 1.82) is 0 Å². The van der Waals surface area contributed by atoms with Crippen molar-refractivity contribution in [2.75, 3.05) is 4.90 Å². The second-order valence-corrected chi connectivity index (χ2v) is 17.7. The molecule has 0 saturated heterocycles. The van der Waals surface area contributed by atoms with E-state index in [0.29, 0.717) is 17.5 Å². The summed E-state index contributed by atoms with van der Waals surface area (Å²) in [4.78, 5) is 17.7. The highest BCUT2D eigenvalue weighted by molar-refractivity contribution is 6.14. The fraction of sp³-hybridized carbons (Fsp3) is 0.0500. The molecule has 1 aliphatic rings. The fourth-order valence-electron chi connectivity index (χ4n) is 10.4. The van der Waals surface area contributed by atoms with Crippen molar-refractivity contribution in [1.82, 2.24) is 24.1 Å². The summed E-state index contributed by atoms with van der Waals surface area (Å²) in [6.07, 6.45) is 0. The number of aromatic nitrogens is 5. The van der Waals surface area contributed by atoms with Crippen LogP contribution in [0.3, 0.4) is 0 Å². The summed E-state index contributed by atoms with van der Waals surface area (Å²) in [6, 6.07) is 78.0. The van der Waals surface area contributed by atoms with Gasteiger partial charge >= 0.3 is 0 Å². The smallest absolute Gasteiger partial charge is 0.164 e. The average Bonchev–Trinajstić information content (AvgIpc) is 3.89. The minimum Gasteiger partial charge on any atom is -0.310 e. The molecule has 4 heterocycles. The molecule has 9 aromatic carbocycles. The predicted octanol–water partition coefficient (Wildman–Crippen LogP) is 15.2. The maximum absolute atomic E-state index is 5.15. The summed E-state index contributed by atoms with van der Waals surface area (Å²) in [5.74, 6) is 1.92. The molecule has 12 aromatic rings. The Hall–Kier alpha value is -8.61.